The van der Waals surface area contributed by atoms with Crippen LogP contribution in [0.2, 0.25) is 0 Å². The summed E-state index contributed by atoms with van der Waals surface area (Å²) in [7, 11) is 0. The van der Waals surface area contributed by atoms with Crippen molar-refractivity contribution in [1.82, 2.24) is 19.9 Å². The molecule has 23 heavy (non-hydrogen) atoms. The van der Waals surface area contributed by atoms with E-state index in [4.69, 9.17) is 9.15 Å². The van der Waals surface area contributed by atoms with Crippen LogP contribution in [0, 0.1) is 12.8 Å². The maximum Gasteiger partial charge on any atom is 0.289 e. The van der Waals surface area contributed by atoms with Crippen molar-refractivity contribution in [2.45, 2.75) is 38.5 Å². The summed E-state index contributed by atoms with van der Waals surface area (Å²) >= 11 is 0. The van der Waals surface area contributed by atoms with E-state index in [2.05, 4.69) is 10.3 Å². The molecule has 1 saturated heterocycles. The van der Waals surface area contributed by atoms with Gasteiger partial charge >= 0.3 is 0 Å². The molecular weight excluding hydrogens is 296 g/mol. The van der Waals surface area contributed by atoms with Crippen LogP contribution in [0.1, 0.15) is 29.1 Å². The van der Waals surface area contributed by atoms with Gasteiger partial charge < -0.3 is 14.1 Å². The third-order valence-electron chi connectivity index (χ3n) is 4.93. The second kappa shape index (κ2) is 5.81. The van der Waals surface area contributed by atoms with Gasteiger partial charge in [0.2, 0.25) is 0 Å². The van der Waals surface area contributed by atoms with Crippen LogP contribution >= 0.6 is 0 Å². The first-order valence-electron chi connectivity index (χ1n) is 8.05. The number of aryl methyl sites for hydroxylation is 1. The van der Waals surface area contributed by atoms with Crippen LogP contribution in [0.4, 0.5) is 0 Å². The Morgan fingerprint density at radius 1 is 1.43 bits per heavy atom. The number of aromatic nitrogens is 3. The molecule has 1 saturated carbocycles. The largest absolute Gasteiger partial charge is 0.459 e. The van der Waals surface area contributed by atoms with Crippen molar-refractivity contribution in [2.75, 3.05) is 13.2 Å². The highest BCUT2D eigenvalue weighted by molar-refractivity contribution is 5.91. The molecule has 0 aromatic carbocycles. The normalized spacial score (nSPS) is 27.2. The lowest BCUT2D eigenvalue weighted by atomic mass is 10.0. The first-order chi connectivity index (χ1) is 11.2. The monoisotopic (exact) mass is 316 g/mol. The Morgan fingerprint density at radius 3 is 3.09 bits per heavy atom. The predicted molar refractivity (Wildman–Crippen MR) is 80.8 cm³/mol. The summed E-state index contributed by atoms with van der Waals surface area (Å²) < 4.78 is 13.2. The Hall–Kier alpha value is -2.15. The second-order valence-corrected chi connectivity index (χ2v) is 6.27. The minimum absolute atomic E-state index is 0.0362. The Balaban J connectivity index is 1.50. The molecule has 1 amide bonds. The van der Waals surface area contributed by atoms with Gasteiger partial charge in [-0.05, 0) is 31.9 Å². The number of hydrogen-bond donors (Lipinski definition) is 0. The van der Waals surface area contributed by atoms with Crippen molar-refractivity contribution in [3.63, 3.8) is 0 Å². The molecule has 7 heteroatoms. The number of carbonyl (C=O) groups is 1. The van der Waals surface area contributed by atoms with Gasteiger partial charge in [-0.1, -0.05) is 5.21 Å². The number of furan rings is 1. The number of fused-ring (bicyclic) bond motifs is 1. The van der Waals surface area contributed by atoms with Crippen molar-refractivity contribution >= 4 is 5.91 Å². The fourth-order valence-corrected chi connectivity index (χ4v) is 3.76. The number of morpholine rings is 1. The molecule has 1 aliphatic heterocycles. The topological polar surface area (TPSA) is 73.4 Å². The molecule has 4 rings (SSSR count). The molecule has 3 heterocycles. The third-order valence-corrected chi connectivity index (χ3v) is 4.93. The molecule has 1 aliphatic carbocycles. The average Bonchev–Trinajstić information content (AvgIpc) is 3.29. The van der Waals surface area contributed by atoms with Crippen LogP contribution in [0.5, 0.6) is 0 Å². The number of nitrogens with zero attached hydrogens (tertiary/aromatic N) is 4. The molecule has 0 spiro atoms. The summed E-state index contributed by atoms with van der Waals surface area (Å²) in [6.07, 6.45) is 5.34. The van der Waals surface area contributed by atoms with Gasteiger partial charge in [0.15, 0.2) is 5.76 Å². The quantitative estimate of drug-likeness (QED) is 0.858. The molecule has 2 aromatic rings. The zero-order valence-electron chi connectivity index (χ0n) is 13.1. The fourth-order valence-electron chi connectivity index (χ4n) is 3.76. The Morgan fingerprint density at radius 2 is 2.35 bits per heavy atom. The molecular formula is C16H20N4O3. The highest BCUT2D eigenvalue weighted by Crippen LogP contribution is 2.36. The summed E-state index contributed by atoms with van der Waals surface area (Å²) in [5.74, 6) is 0.722. The summed E-state index contributed by atoms with van der Waals surface area (Å²) in [5.41, 5.74) is 1.05. The number of ether oxygens (including phenoxy) is 1. The van der Waals surface area contributed by atoms with Gasteiger partial charge in [-0.25, -0.2) is 4.68 Å². The van der Waals surface area contributed by atoms with Gasteiger partial charge in [0, 0.05) is 19.0 Å². The minimum Gasteiger partial charge on any atom is -0.459 e. The zero-order valence-corrected chi connectivity index (χ0v) is 13.1. The van der Waals surface area contributed by atoms with Gasteiger partial charge in [0.25, 0.3) is 5.91 Å². The van der Waals surface area contributed by atoms with Crippen LogP contribution < -0.4 is 0 Å². The van der Waals surface area contributed by atoms with Gasteiger partial charge in [-0.3, -0.25) is 4.79 Å². The van der Waals surface area contributed by atoms with E-state index < -0.39 is 0 Å². The van der Waals surface area contributed by atoms with Crippen molar-refractivity contribution in [3.05, 3.63) is 36.0 Å². The molecule has 7 nitrogen and oxygen atoms in total. The van der Waals surface area contributed by atoms with E-state index in [9.17, 15) is 4.79 Å². The van der Waals surface area contributed by atoms with Crippen LogP contribution in [0.25, 0.3) is 0 Å². The van der Waals surface area contributed by atoms with Crippen LogP contribution in [-0.4, -0.2) is 51.1 Å². The van der Waals surface area contributed by atoms with Crippen LogP contribution in [-0.2, 0) is 11.3 Å². The summed E-state index contributed by atoms with van der Waals surface area (Å²) in [6, 6.07) is 3.59. The molecule has 0 bridgehead atoms. The zero-order chi connectivity index (χ0) is 15.8. The van der Waals surface area contributed by atoms with E-state index in [0.29, 0.717) is 24.8 Å². The van der Waals surface area contributed by atoms with Gasteiger partial charge in [0.05, 0.1) is 36.9 Å². The first-order valence-corrected chi connectivity index (χ1v) is 8.05. The van der Waals surface area contributed by atoms with E-state index >= 15 is 0 Å². The van der Waals surface area contributed by atoms with Crippen molar-refractivity contribution in [3.8, 4) is 0 Å². The maximum atomic E-state index is 12.6. The highest BCUT2D eigenvalue weighted by Gasteiger charge is 2.45. The van der Waals surface area contributed by atoms with Gasteiger partial charge in [-0.2, -0.15) is 0 Å². The Kier molecular flexibility index (Phi) is 3.65. The van der Waals surface area contributed by atoms with E-state index in [-0.39, 0.29) is 18.1 Å². The Labute approximate surface area is 134 Å². The first kappa shape index (κ1) is 14.4. The maximum absolute atomic E-state index is 12.6. The van der Waals surface area contributed by atoms with E-state index in [1.54, 1.807) is 18.3 Å². The average molecular weight is 316 g/mol. The lowest BCUT2D eigenvalue weighted by Gasteiger charge is -2.38. The van der Waals surface area contributed by atoms with E-state index in [0.717, 1.165) is 25.1 Å². The molecule has 2 aliphatic rings. The Bertz CT molecular complexity index is 681. The predicted octanol–water partition coefficient (Wildman–Crippen LogP) is 1.50. The van der Waals surface area contributed by atoms with Crippen molar-refractivity contribution < 1.29 is 13.9 Å². The summed E-state index contributed by atoms with van der Waals surface area (Å²) in [4.78, 5) is 14.5. The fraction of sp³-hybridized carbons (Fsp3) is 0.562. The van der Waals surface area contributed by atoms with E-state index in [1.165, 1.54) is 6.26 Å². The molecule has 0 radical (unpaired) electrons. The molecule has 122 valence electrons. The number of rotatable bonds is 3. The number of carbonyl (C=O) groups excluding carboxylic acids is 1. The molecule has 3 atom stereocenters. The SMILES string of the molecule is Cc1cnnn1CC1CCC2C1OCCN2C(=O)c1ccco1. The van der Waals surface area contributed by atoms with Gasteiger partial charge in [0.1, 0.15) is 0 Å². The van der Waals surface area contributed by atoms with Crippen LogP contribution in [0.15, 0.2) is 29.0 Å². The minimum atomic E-state index is -0.0362. The summed E-state index contributed by atoms with van der Waals surface area (Å²) in [5, 5.41) is 8.07. The number of hydrogen-bond acceptors (Lipinski definition) is 5. The smallest absolute Gasteiger partial charge is 0.289 e. The lowest BCUT2D eigenvalue weighted by molar-refractivity contribution is -0.0657. The molecule has 3 unspecified atom stereocenters. The lowest BCUT2D eigenvalue weighted by Crippen LogP contribution is -2.53. The van der Waals surface area contributed by atoms with Crippen molar-refractivity contribution in [1.29, 1.82) is 0 Å². The van der Waals surface area contributed by atoms with Crippen LogP contribution in [0.3, 0.4) is 0 Å². The summed E-state index contributed by atoms with van der Waals surface area (Å²) in [6.45, 7) is 3.98. The standard InChI is InChI=1S/C16H20N4O3/c1-11-9-17-18-20(11)10-12-4-5-13-15(12)23-8-6-19(13)16(21)14-3-2-7-22-14/h2-3,7,9,12-13,15H,4-6,8,10H2,1H3. The second-order valence-electron chi connectivity index (χ2n) is 6.27. The van der Waals surface area contributed by atoms with Gasteiger partial charge in [-0.15, -0.1) is 5.10 Å². The highest BCUT2D eigenvalue weighted by atomic mass is 16.5. The third kappa shape index (κ3) is 2.55. The van der Waals surface area contributed by atoms with Crippen molar-refractivity contribution in [2.24, 2.45) is 5.92 Å². The number of amides is 1. The molecule has 2 fully saturated rings. The molecule has 2 aromatic heterocycles. The molecule has 0 N–H and O–H groups in total. The van der Waals surface area contributed by atoms with E-state index in [1.807, 2.05) is 16.5 Å².